The van der Waals surface area contributed by atoms with Crippen LogP contribution in [0, 0.1) is 0 Å². The number of anilines is 2. The smallest absolute Gasteiger partial charge is 0.276 e. The largest absolute Gasteiger partial charge is 0.391 e. The Labute approximate surface area is 104 Å². The minimum absolute atomic E-state index is 0.0118. The summed E-state index contributed by atoms with van der Waals surface area (Å²) in [6.07, 6.45) is 0.572. The molecule has 0 amide bonds. The quantitative estimate of drug-likeness (QED) is 0.628. The molecule has 0 aliphatic carbocycles. The molecule has 5 N–H and O–H groups in total. The fourth-order valence-electron chi connectivity index (χ4n) is 1.54. The molecule has 18 heavy (non-hydrogen) atoms. The molecule has 0 saturated carbocycles. The van der Waals surface area contributed by atoms with E-state index < -0.39 is 11.7 Å². The van der Waals surface area contributed by atoms with Crippen molar-refractivity contribution in [3.63, 3.8) is 0 Å². The molecule has 0 saturated heterocycles. The van der Waals surface area contributed by atoms with E-state index in [1.807, 2.05) is 30.3 Å². The molecule has 0 spiro atoms. The Bertz CT molecular complexity index is 568. The highest BCUT2D eigenvalue weighted by Crippen LogP contribution is 2.14. The Morgan fingerprint density at radius 2 is 2.11 bits per heavy atom. The predicted molar refractivity (Wildman–Crippen MR) is 69.2 cm³/mol. The Morgan fingerprint density at radius 1 is 1.39 bits per heavy atom. The van der Waals surface area contributed by atoms with Gasteiger partial charge in [0.15, 0.2) is 5.82 Å². The van der Waals surface area contributed by atoms with Crippen LogP contribution >= 0.6 is 0 Å². The predicted octanol–water partition coefficient (Wildman–Crippen LogP) is 0.498. The number of aliphatic hydroxyl groups excluding tert-OH is 1. The number of aromatic nitrogens is 2. The van der Waals surface area contributed by atoms with Crippen molar-refractivity contribution in [1.82, 2.24) is 9.97 Å². The van der Waals surface area contributed by atoms with Gasteiger partial charge in [0.05, 0.1) is 12.4 Å². The lowest BCUT2D eigenvalue weighted by atomic mass is 10.1. The third-order valence-corrected chi connectivity index (χ3v) is 2.54. The summed E-state index contributed by atoms with van der Waals surface area (Å²) in [5.41, 5.74) is 5.95. The van der Waals surface area contributed by atoms with Crippen LogP contribution in [0.4, 0.5) is 11.5 Å². The molecule has 2 aromatic rings. The number of rotatable bonds is 4. The molecular weight excluding hydrogens is 232 g/mol. The van der Waals surface area contributed by atoms with Crippen LogP contribution in [0.1, 0.15) is 11.7 Å². The molecule has 0 aliphatic rings. The van der Waals surface area contributed by atoms with Crippen LogP contribution in [-0.4, -0.2) is 21.6 Å². The van der Waals surface area contributed by atoms with Crippen molar-refractivity contribution in [2.24, 2.45) is 0 Å². The van der Waals surface area contributed by atoms with Gasteiger partial charge in [-0.2, -0.15) is 0 Å². The maximum atomic E-state index is 11.2. The molecule has 2 rings (SSSR count). The first-order chi connectivity index (χ1) is 8.68. The molecule has 1 aromatic heterocycles. The van der Waals surface area contributed by atoms with Crippen LogP contribution in [0.3, 0.4) is 0 Å². The van der Waals surface area contributed by atoms with Gasteiger partial charge in [0, 0.05) is 6.54 Å². The number of hydrogen-bond acceptors (Lipinski definition) is 5. The van der Waals surface area contributed by atoms with Crippen molar-refractivity contribution in [3.05, 3.63) is 52.6 Å². The summed E-state index contributed by atoms with van der Waals surface area (Å²) in [6.45, 7) is 0.227. The lowest BCUT2D eigenvalue weighted by Gasteiger charge is -2.13. The second kappa shape index (κ2) is 5.33. The first-order valence-corrected chi connectivity index (χ1v) is 5.48. The zero-order valence-electron chi connectivity index (χ0n) is 9.63. The van der Waals surface area contributed by atoms with Gasteiger partial charge in [0.25, 0.3) is 5.56 Å². The highest BCUT2D eigenvalue weighted by Gasteiger charge is 2.09. The average molecular weight is 246 g/mol. The molecule has 1 unspecified atom stereocenters. The van der Waals surface area contributed by atoms with E-state index >= 15 is 0 Å². The van der Waals surface area contributed by atoms with Gasteiger partial charge in [-0.1, -0.05) is 30.3 Å². The molecule has 1 heterocycles. The number of aromatic amines is 1. The molecule has 1 atom stereocenters. The van der Waals surface area contributed by atoms with E-state index in [1.54, 1.807) is 0 Å². The second-order valence-corrected chi connectivity index (χ2v) is 3.80. The van der Waals surface area contributed by atoms with Gasteiger partial charge in [-0.15, -0.1) is 0 Å². The minimum atomic E-state index is -0.688. The lowest BCUT2D eigenvalue weighted by molar-refractivity contribution is 0.191. The highest BCUT2D eigenvalue weighted by molar-refractivity contribution is 5.58. The van der Waals surface area contributed by atoms with Gasteiger partial charge in [-0.3, -0.25) is 4.79 Å². The van der Waals surface area contributed by atoms with Gasteiger partial charge >= 0.3 is 0 Å². The number of hydrogen-bond donors (Lipinski definition) is 4. The monoisotopic (exact) mass is 246 g/mol. The van der Waals surface area contributed by atoms with E-state index in [0.29, 0.717) is 0 Å². The number of nitrogens with zero attached hydrogens (tertiary/aromatic N) is 1. The number of nitrogens with two attached hydrogens (primary N) is 1. The summed E-state index contributed by atoms with van der Waals surface area (Å²) < 4.78 is 0. The maximum Gasteiger partial charge on any atom is 0.276 e. The fourth-order valence-corrected chi connectivity index (χ4v) is 1.54. The summed E-state index contributed by atoms with van der Waals surface area (Å²) in [6, 6.07) is 9.21. The third kappa shape index (κ3) is 2.67. The highest BCUT2D eigenvalue weighted by atomic mass is 16.3. The standard InChI is InChI=1S/C12H14N4O2/c13-10-11(15-7-16-12(10)18)14-6-9(17)8-4-2-1-3-5-8/h1-5,7,9,17H,6,13H2,(H2,14,15,16,18). The Morgan fingerprint density at radius 3 is 2.83 bits per heavy atom. The van der Waals surface area contributed by atoms with Crippen LogP contribution in [0.15, 0.2) is 41.5 Å². The minimum Gasteiger partial charge on any atom is -0.391 e. The summed E-state index contributed by atoms with van der Waals surface area (Å²) in [5.74, 6) is 0.272. The van der Waals surface area contributed by atoms with E-state index in [9.17, 15) is 9.90 Å². The van der Waals surface area contributed by atoms with E-state index in [4.69, 9.17) is 5.73 Å². The molecule has 6 nitrogen and oxygen atoms in total. The number of H-pyrrole nitrogens is 1. The van der Waals surface area contributed by atoms with E-state index in [1.165, 1.54) is 6.33 Å². The van der Waals surface area contributed by atoms with Gasteiger partial charge in [-0.05, 0) is 5.56 Å². The summed E-state index contributed by atoms with van der Waals surface area (Å²) in [4.78, 5) is 17.5. The summed E-state index contributed by atoms with van der Waals surface area (Å²) in [5, 5.41) is 12.8. The van der Waals surface area contributed by atoms with Crippen molar-refractivity contribution in [3.8, 4) is 0 Å². The first kappa shape index (κ1) is 12.1. The van der Waals surface area contributed by atoms with E-state index in [-0.39, 0.29) is 18.1 Å². The van der Waals surface area contributed by atoms with Gasteiger partial charge in [0.1, 0.15) is 5.69 Å². The van der Waals surface area contributed by atoms with Crippen LogP contribution in [0.5, 0.6) is 0 Å². The first-order valence-electron chi connectivity index (χ1n) is 5.48. The molecular formula is C12H14N4O2. The lowest BCUT2D eigenvalue weighted by Crippen LogP contribution is -2.19. The Balaban J connectivity index is 2.04. The average Bonchev–Trinajstić information content (AvgIpc) is 2.41. The Hall–Kier alpha value is -2.34. The zero-order valence-corrected chi connectivity index (χ0v) is 9.63. The van der Waals surface area contributed by atoms with Crippen LogP contribution in [0.25, 0.3) is 0 Å². The van der Waals surface area contributed by atoms with Gasteiger partial charge in [0.2, 0.25) is 0 Å². The second-order valence-electron chi connectivity index (χ2n) is 3.80. The molecule has 0 fully saturated rings. The van der Waals surface area contributed by atoms with Gasteiger partial charge in [-0.25, -0.2) is 4.98 Å². The van der Waals surface area contributed by atoms with Crippen molar-refractivity contribution in [2.45, 2.75) is 6.10 Å². The number of nitrogens with one attached hydrogen (secondary N) is 2. The maximum absolute atomic E-state index is 11.2. The molecule has 0 aliphatic heterocycles. The summed E-state index contributed by atoms with van der Waals surface area (Å²) in [7, 11) is 0. The van der Waals surface area contributed by atoms with Crippen LogP contribution in [0.2, 0.25) is 0 Å². The molecule has 0 radical (unpaired) electrons. The topological polar surface area (TPSA) is 104 Å². The SMILES string of the molecule is Nc1c(NCC(O)c2ccccc2)nc[nH]c1=O. The molecule has 6 heteroatoms. The zero-order chi connectivity index (χ0) is 13.0. The third-order valence-electron chi connectivity index (χ3n) is 2.54. The van der Waals surface area contributed by atoms with Crippen LogP contribution < -0.4 is 16.6 Å². The number of nitrogen functional groups attached to an aromatic ring is 1. The summed E-state index contributed by atoms with van der Waals surface area (Å²) >= 11 is 0. The number of benzene rings is 1. The van der Waals surface area contributed by atoms with E-state index in [0.717, 1.165) is 5.56 Å². The van der Waals surface area contributed by atoms with Crippen molar-refractivity contribution >= 4 is 11.5 Å². The van der Waals surface area contributed by atoms with Crippen LogP contribution in [-0.2, 0) is 0 Å². The van der Waals surface area contributed by atoms with Crippen molar-refractivity contribution in [2.75, 3.05) is 17.6 Å². The molecule has 0 bridgehead atoms. The number of aliphatic hydroxyl groups is 1. The normalized spacial score (nSPS) is 12.1. The fraction of sp³-hybridized carbons (Fsp3) is 0.167. The van der Waals surface area contributed by atoms with Crippen molar-refractivity contribution in [1.29, 1.82) is 0 Å². The Kier molecular flexibility index (Phi) is 3.59. The molecule has 1 aromatic carbocycles. The van der Waals surface area contributed by atoms with E-state index in [2.05, 4.69) is 15.3 Å². The molecule has 94 valence electrons. The van der Waals surface area contributed by atoms with Gasteiger partial charge < -0.3 is 21.1 Å². The van der Waals surface area contributed by atoms with Crippen molar-refractivity contribution < 1.29 is 5.11 Å².